The Balaban J connectivity index is 2.00. The maximum Gasteiger partial charge on any atom is 0.262 e. The fourth-order valence-electron chi connectivity index (χ4n) is 2.62. The molecule has 0 amide bonds. The lowest BCUT2D eigenvalue weighted by Gasteiger charge is -2.12. The summed E-state index contributed by atoms with van der Waals surface area (Å²) in [5, 5.41) is 5.42. The molecule has 0 fully saturated rings. The van der Waals surface area contributed by atoms with Gasteiger partial charge in [0.1, 0.15) is 5.76 Å². The summed E-state index contributed by atoms with van der Waals surface area (Å²) in [5.41, 5.74) is 2.75. The molecule has 2 aromatic heterocycles. The number of unbranched alkanes of at least 4 members (excludes halogenated alkanes) is 1. The van der Waals surface area contributed by atoms with Crippen LogP contribution in [0.1, 0.15) is 36.8 Å². The van der Waals surface area contributed by atoms with E-state index in [9.17, 15) is 4.79 Å². The summed E-state index contributed by atoms with van der Waals surface area (Å²) in [7, 11) is 0. The number of rotatable bonds is 6. The Kier molecular flexibility index (Phi) is 5.04. The SMILES string of the molecule is CCCCn1c(SCc2c(C)noc2C)nc2ccccc2c1=O. The quantitative estimate of drug-likeness (QED) is 0.498. The summed E-state index contributed by atoms with van der Waals surface area (Å²) < 4.78 is 7.02. The van der Waals surface area contributed by atoms with Crippen LogP contribution in [0.5, 0.6) is 0 Å². The Hall–Kier alpha value is -2.08. The van der Waals surface area contributed by atoms with Gasteiger partial charge in [0.25, 0.3) is 5.56 Å². The second-order valence-electron chi connectivity index (χ2n) is 5.81. The first-order chi connectivity index (χ1) is 11.6. The highest BCUT2D eigenvalue weighted by atomic mass is 32.2. The number of hydrogen-bond donors (Lipinski definition) is 0. The van der Waals surface area contributed by atoms with Crippen LogP contribution >= 0.6 is 11.8 Å². The third-order valence-electron chi connectivity index (χ3n) is 4.09. The molecule has 0 aliphatic carbocycles. The fourth-order valence-corrected chi connectivity index (χ4v) is 3.79. The molecule has 5 nitrogen and oxygen atoms in total. The zero-order valence-electron chi connectivity index (χ0n) is 14.2. The first-order valence-electron chi connectivity index (χ1n) is 8.16. The topological polar surface area (TPSA) is 60.9 Å². The second kappa shape index (κ2) is 7.21. The Morgan fingerprint density at radius 1 is 1.25 bits per heavy atom. The lowest BCUT2D eigenvalue weighted by Crippen LogP contribution is -2.23. The molecule has 0 bridgehead atoms. The zero-order chi connectivity index (χ0) is 17.1. The number of fused-ring (bicyclic) bond motifs is 1. The van der Waals surface area contributed by atoms with E-state index in [0.29, 0.717) is 17.7 Å². The van der Waals surface area contributed by atoms with Crippen LogP contribution in [0.3, 0.4) is 0 Å². The van der Waals surface area contributed by atoms with Crippen molar-refractivity contribution in [1.82, 2.24) is 14.7 Å². The van der Waals surface area contributed by atoms with Crippen molar-refractivity contribution >= 4 is 22.7 Å². The molecule has 0 unspecified atom stereocenters. The van der Waals surface area contributed by atoms with Crippen molar-refractivity contribution in [2.45, 2.75) is 51.1 Å². The van der Waals surface area contributed by atoms with Gasteiger partial charge in [-0.05, 0) is 32.4 Å². The van der Waals surface area contributed by atoms with Crippen molar-refractivity contribution in [3.63, 3.8) is 0 Å². The van der Waals surface area contributed by atoms with Gasteiger partial charge < -0.3 is 4.52 Å². The van der Waals surface area contributed by atoms with Crippen LogP contribution in [0, 0.1) is 13.8 Å². The molecule has 0 N–H and O–H groups in total. The molecule has 3 rings (SSSR count). The van der Waals surface area contributed by atoms with Crippen molar-refractivity contribution in [2.75, 3.05) is 0 Å². The van der Waals surface area contributed by atoms with Crippen LogP contribution < -0.4 is 5.56 Å². The minimum atomic E-state index is 0.0373. The number of nitrogens with zero attached hydrogens (tertiary/aromatic N) is 3. The van der Waals surface area contributed by atoms with E-state index in [1.54, 1.807) is 16.3 Å². The van der Waals surface area contributed by atoms with Crippen LogP contribution in [0.15, 0.2) is 38.7 Å². The zero-order valence-corrected chi connectivity index (χ0v) is 15.0. The van der Waals surface area contributed by atoms with Gasteiger partial charge in [-0.2, -0.15) is 0 Å². The maximum absolute atomic E-state index is 12.8. The smallest absolute Gasteiger partial charge is 0.262 e. The third kappa shape index (κ3) is 3.24. The van der Waals surface area contributed by atoms with Crippen molar-refractivity contribution in [3.05, 3.63) is 51.6 Å². The number of benzene rings is 1. The Morgan fingerprint density at radius 3 is 2.75 bits per heavy atom. The van der Waals surface area contributed by atoms with Crippen molar-refractivity contribution in [1.29, 1.82) is 0 Å². The molecule has 0 spiro atoms. The van der Waals surface area contributed by atoms with E-state index in [-0.39, 0.29) is 5.56 Å². The molecule has 1 aromatic carbocycles. The Labute approximate surface area is 145 Å². The average molecular weight is 343 g/mol. The van der Waals surface area contributed by atoms with E-state index in [1.165, 1.54) is 0 Å². The number of thioether (sulfide) groups is 1. The molecule has 2 heterocycles. The summed E-state index contributed by atoms with van der Waals surface area (Å²) >= 11 is 1.56. The van der Waals surface area contributed by atoms with Crippen LogP contribution in [0.25, 0.3) is 10.9 Å². The Morgan fingerprint density at radius 2 is 2.04 bits per heavy atom. The molecule has 0 radical (unpaired) electrons. The standard InChI is InChI=1S/C18H21N3O2S/c1-4-5-10-21-17(22)14-8-6-7-9-16(14)19-18(21)24-11-15-12(2)20-23-13(15)3/h6-9H,4-5,10-11H2,1-3H3. The van der Waals surface area contributed by atoms with Gasteiger partial charge in [0.2, 0.25) is 0 Å². The molecule has 0 saturated heterocycles. The molecule has 0 aliphatic heterocycles. The summed E-state index contributed by atoms with van der Waals surface area (Å²) in [6, 6.07) is 7.52. The summed E-state index contributed by atoms with van der Waals surface area (Å²) in [6.45, 7) is 6.66. The lowest BCUT2D eigenvalue weighted by molar-refractivity contribution is 0.392. The maximum atomic E-state index is 12.8. The number of hydrogen-bond acceptors (Lipinski definition) is 5. The highest BCUT2D eigenvalue weighted by molar-refractivity contribution is 7.98. The molecule has 126 valence electrons. The number of aryl methyl sites for hydroxylation is 2. The Bertz CT molecular complexity index is 895. The number of para-hydroxylation sites is 1. The van der Waals surface area contributed by atoms with E-state index in [1.807, 2.05) is 38.1 Å². The van der Waals surface area contributed by atoms with Gasteiger partial charge in [0, 0.05) is 17.9 Å². The minimum absolute atomic E-state index is 0.0373. The van der Waals surface area contributed by atoms with Crippen LogP contribution in [-0.4, -0.2) is 14.7 Å². The molecule has 0 aliphatic rings. The first-order valence-corrected chi connectivity index (χ1v) is 9.14. The third-order valence-corrected chi connectivity index (χ3v) is 5.09. The van der Waals surface area contributed by atoms with Crippen LogP contribution in [0.2, 0.25) is 0 Å². The van der Waals surface area contributed by atoms with Crippen molar-refractivity contribution < 1.29 is 4.52 Å². The molecular weight excluding hydrogens is 322 g/mol. The fraction of sp³-hybridized carbons (Fsp3) is 0.389. The average Bonchev–Trinajstić information content (AvgIpc) is 2.91. The molecule has 0 atom stereocenters. The minimum Gasteiger partial charge on any atom is -0.361 e. The van der Waals surface area contributed by atoms with Gasteiger partial charge in [0.05, 0.1) is 16.6 Å². The van der Waals surface area contributed by atoms with Gasteiger partial charge >= 0.3 is 0 Å². The highest BCUT2D eigenvalue weighted by Gasteiger charge is 2.14. The molecule has 6 heteroatoms. The molecule has 3 aromatic rings. The first kappa shape index (κ1) is 16.8. The monoisotopic (exact) mass is 343 g/mol. The van der Waals surface area contributed by atoms with Gasteiger partial charge in [-0.15, -0.1) is 0 Å². The van der Waals surface area contributed by atoms with Crippen LogP contribution in [-0.2, 0) is 12.3 Å². The normalized spacial score (nSPS) is 11.3. The van der Waals surface area contributed by atoms with E-state index in [4.69, 9.17) is 9.51 Å². The van der Waals surface area contributed by atoms with E-state index >= 15 is 0 Å². The summed E-state index contributed by atoms with van der Waals surface area (Å²) in [4.78, 5) is 17.6. The van der Waals surface area contributed by atoms with Crippen molar-refractivity contribution in [2.24, 2.45) is 0 Å². The predicted octanol–water partition coefficient (Wildman–Crippen LogP) is 4.09. The van der Waals surface area contributed by atoms with Crippen molar-refractivity contribution in [3.8, 4) is 0 Å². The van der Waals surface area contributed by atoms with Crippen LogP contribution in [0.4, 0.5) is 0 Å². The van der Waals surface area contributed by atoms with Gasteiger partial charge in [-0.25, -0.2) is 4.98 Å². The van der Waals surface area contributed by atoms with E-state index < -0.39 is 0 Å². The second-order valence-corrected chi connectivity index (χ2v) is 6.76. The summed E-state index contributed by atoms with van der Waals surface area (Å²) in [5.74, 6) is 1.51. The van der Waals surface area contributed by atoms with Gasteiger partial charge in [-0.3, -0.25) is 9.36 Å². The van der Waals surface area contributed by atoms with Gasteiger partial charge in [0.15, 0.2) is 5.16 Å². The number of aromatic nitrogens is 3. The lowest BCUT2D eigenvalue weighted by atomic mass is 10.2. The largest absolute Gasteiger partial charge is 0.361 e. The summed E-state index contributed by atoms with van der Waals surface area (Å²) in [6.07, 6.45) is 1.99. The van der Waals surface area contributed by atoms with Gasteiger partial charge in [-0.1, -0.05) is 42.4 Å². The molecule has 24 heavy (non-hydrogen) atoms. The molecular formula is C18H21N3O2S. The predicted molar refractivity (Wildman–Crippen MR) is 96.4 cm³/mol. The highest BCUT2D eigenvalue weighted by Crippen LogP contribution is 2.25. The molecule has 0 saturated carbocycles. The van der Waals surface area contributed by atoms with E-state index in [0.717, 1.165) is 40.5 Å². The van der Waals surface area contributed by atoms with E-state index in [2.05, 4.69) is 12.1 Å².